The number of hydrogen-bond donors (Lipinski definition) is 3. The monoisotopic (exact) mass is 279 g/mol. The predicted molar refractivity (Wildman–Crippen MR) is 78.4 cm³/mol. The van der Waals surface area contributed by atoms with Crippen molar-refractivity contribution in [3.63, 3.8) is 0 Å². The van der Waals surface area contributed by atoms with Crippen molar-refractivity contribution >= 4 is 22.8 Å². The van der Waals surface area contributed by atoms with E-state index >= 15 is 0 Å². The van der Waals surface area contributed by atoms with Crippen LogP contribution in [0.3, 0.4) is 0 Å². The highest BCUT2D eigenvalue weighted by Gasteiger charge is 2.16. The molecule has 0 spiro atoms. The molecule has 0 amide bonds. The molecule has 0 aliphatic rings. The number of hydrogen-bond acceptors (Lipinski definition) is 7. The number of ether oxygens (including phenoxy) is 1. The Morgan fingerprint density at radius 3 is 2.90 bits per heavy atom. The van der Waals surface area contributed by atoms with Crippen LogP contribution in [-0.4, -0.2) is 47.0 Å². The van der Waals surface area contributed by atoms with E-state index in [1.54, 1.807) is 13.3 Å². The number of hydrazine groups is 1. The highest BCUT2D eigenvalue weighted by Crippen LogP contribution is 2.24. The summed E-state index contributed by atoms with van der Waals surface area (Å²) in [5, 5.41) is 7.75. The first-order valence-corrected chi connectivity index (χ1v) is 6.57. The van der Waals surface area contributed by atoms with Crippen molar-refractivity contribution in [2.45, 2.75) is 13.8 Å². The van der Waals surface area contributed by atoms with E-state index in [4.69, 9.17) is 10.6 Å². The van der Waals surface area contributed by atoms with Gasteiger partial charge in [0.15, 0.2) is 5.65 Å². The standard InChI is InChI=1S/C12H21N7O/c1-8(2)7-19(4-5-20-3)11-9-6-14-18-10(9)15-12(16-11)17-13/h6,8H,4-5,7,13H2,1-3H3,(H2,14,15,16,17,18). The Morgan fingerprint density at radius 1 is 1.45 bits per heavy atom. The number of nitrogen functional groups attached to an aromatic ring is 1. The van der Waals surface area contributed by atoms with Gasteiger partial charge in [-0.1, -0.05) is 13.8 Å². The molecule has 0 saturated carbocycles. The molecule has 0 aliphatic heterocycles. The maximum Gasteiger partial charge on any atom is 0.241 e. The van der Waals surface area contributed by atoms with Crippen LogP contribution in [0, 0.1) is 5.92 Å². The minimum Gasteiger partial charge on any atom is -0.383 e. The number of fused-ring (bicyclic) bond motifs is 1. The van der Waals surface area contributed by atoms with E-state index in [1.807, 2.05) is 0 Å². The SMILES string of the molecule is COCCN(CC(C)C)c1nc(NN)nc2[nH]ncc12. The molecule has 0 aliphatic carbocycles. The Bertz CT molecular complexity index is 554. The van der Waals surface area contributed by atoms with Crippen LogP contribution in [0.1, 0.15) is 13.8 Å². The molecule has 0 fully saturated rings. The van der Waals surface area contributed by atoms with Gasteiger partial charge in [0.05, 0.1) is 18.2 Å². The van der Waals surface area contributed by atoms with Crippen molar-refractivity contribution in [2.24, 2.45) is 11.8 Å². The molecular formula is C12H21N7O. The number of methoxy groups -OCH3 is 1. The molecule has 0 saturated heterocycles. The van der Waals surface area contributed by atoms with Crippen LogP contribution in [0.25, 0.3) is 11.0 Å². The maximum absolute atomic E-state index is 5.43. The lowest BCUT2D eigenvalue weighted by atomic mass is 10.2. The average Bonchev–Trinajstić information content (AvgIpc) is 2.90. The molecule has 2 heterocycles. The summed E-state index contributed by atoms with van der Waals surface area (Å²) >= 11 is 0. The van der Waals surface area contributed by atoms with Gasteiger partial charge in [-0.2, -0.15) is 15.1 Å². The van der Waals surface area contributed by atoms with Crippen molar-refractivity contribution in [2.75, 3.05) is 37.1 Å². The molecule has 2 aromatic heterocycles. The molecule has 8 nitrogen and oxygen atoms in total. The molecule has 110 valence electrons. The fraction of sp³-hybridized carbons (Fsp3) is 0.583. The normalized spacial score (nSPS) is 11.2. The number of anilines is 2. The molecule has 2 rings (SSSR count). The number of nitrogens with one attached hydrogen (secondary N) is 2. The van der Waals surface area contributed by atoms with E-state index in [0.717, 1.165) is 24.3 Å². The minimum absolute atomic E-state index is 0.364. The lowest BCUT2D eigenvalue weighted by molar-refractivity contribution is 0.204. The van der Waals surface area contributed by atoms with Crippen molar-refractivity contribution < 1.29 is 4.74 Å². The van der Waals surface area contributed by atoms with E-state index in [0.29, 0.717) is 24.1 Å². The highest BCUT2D eigenvalue weighted by atomic mass is 16.5. The largest absolute Gasteiger partial charge is 0.383 e. The van der Waals surface area contributed by atoms with E-state index < -0.39 is 0 Å². The van der Waals surface area contributed by atoms with E-state index in [9.17, 15) is 0 Å². The summed E-state index contributed by atoms with van der Waals surface area (Å²) in [4.78, 5) is 10.9. The molecule has 0 aromatic carbocycles. The van der Waals surface area contributed by atoms with Gasteiger partial charge in [-0.05, 0) is 5.92 Å². The van der Waals surface area contributed by atoms with Gasteiger partial charge in [-0.3, -0.25) is 10.5 Å². The van der Waals surface area contributed by atoms with Gasteiger partial charge in [0.25, 0.3) is 0 Å². The van der Waals surface area contributed by atoms with E-state index in [1.165, 1.54) is 0 Å². The Labute approximate surface area is 117 Å². The highest BCUT2D eigenvalue weighted by molar-refractivity contribution is 5.87. The number of H-pyrrole nitrogens is 1. The molecule has 0 atom stereocenters. The predicted octanol–water partition coefficient (Wildman–Crippen LogP) is 0.747. The minimum atomic E-state index is 0.364. The van der Waals surface area contributed by atoms with Crippen LogP contribution >= 0.6 is 0 Å². The van der Waals surface area contributed by atoms with Crippen molar-refractivity contribution in [3.05, 3.63) is 6.20 Å². The lowest BCUT2D eigenvalue weighted by Gasteiger charge is -2.26. The van der Waals surface area contributed by atoms with E-state index in [2.05, 4.69) is 44.3 Å². The van der Waals surface area contributed by atoms with Gasteiger partial charge < -0.3 is 9.64 Å². The topological polar surface area (TPSA) is 105 Å². The molecule has 0 radical (unpaired) electrons. The third kappa shape index (κ3) is 3.14. The Balaban J connectivity index is 2.41. The van der Waals surface area contributed by atoms with Crippen LogP contribution in [-0.2, 0) is 4.74 Å². The Kier molecular flexibility index (Phi) is 4.70. The fourth-order valence-electron chi connectivity index (χ4n) is 2.05. The maximum atomic E-state index is 5.43. The average molecular weight is 279 g/mol. The number of rotatable bonds is 7. The van der Waals surface area contributed by atoms with Crippen LogP contribution in [0.15, 0.2) is 6.20 Å². The Hall–Kier alpha value is -1.93. The third-order valence-corrected chi connectivity index (χ3v) is 2.87. The molecule has 20 heavy (non-hydrogen) atoms. The van der Waals surface area contributed by atoms with Gasteiger partial charge in [0.2, 0.25) is 5.95 Å². The molecule has 8 heteroatoms. The van der Waals surface area contributed by atoms with Crippen molar-refractivity contribution in [1.82, 2.24) is 20.2 Å². The van der Waals surface area contributed by atoms with Crippen LogP contribution in [0.4, 0.5) is 11.8 Å². The first-order valence-electron chi connectivity index (χ1n) is 6.57. The summed E-state index contributed by atoms with van der Waals surface area (Å²) in [7, 11) is 1.69. The number of aromatic amines is 1. The van der Waals surface area contributed by atoms with Crippen molar-refractivity contribution in [3.8, 4) is 0 Å². The van der Waals surface area contributed by atoms with Crippen LogP contribution in [0.2, 0.25) is 0 Å². The van der Waals surface area contributed by atoms with Gasteiger partial charge in [-0.15, -0.1) is 0 Å². The first kappa shape index (κ1) is 14.5. The second-order valence-electron chi connectivity index (χ2n) is 4.98. The summed E-state index contributed by atoms with van der Waals surface area (Å²) in [6.45, 7) is 6.56. The smallest absolute Gasteiger partial charge is 0.241 e. The second-order valence-corrected chi connectivity index (χ2v) is 4.98. The van der Waals surface area contributed by atoms with Gasteiger partial charge in [0, 0.05) is 20.2 Å². The van der Waals surface area contributed by atoms with Gasteiger partial charge in [0.1, 0.15) is 5.82 Å². The summed E-state index contributed by atoms with van der Waals surface area (Å²) in [5.41, 5.74) is 3.15. The lowest BCUT2D eigenvalue weighted by Crippen LogP contribution is -2.32. The zero-order chi connectivity index (χ0) is 14.5. The third-order valence-electron chi connectivity index (χ3n) is 2.87. The zero-order valence-electron chi connectivity index (χ0n) is 12.1. The van der Waals surface area contributed by atoms with Gasteiger partial charge in [-0.25, -0.2) is 5.84 Å². The molecule has 4 N–H and O–H groups in total. The number of nitrogens with zero attached hydrogens (tertiary/aromatic N) is 4. The number of aromatic nitrogens is 4. The Morgan fingerprint density at radius 2 is 2.25 bits per heavy atom. The summed E-state index contributed by atoms with van der Waals surface area (Å²) in [6.07, 6.45) is 1.73. The molecule has 0 unspecified atom stereocenters. The summed E-state index contributed by atoms with van der Waals surface area (Å²) < 4.78 is 5.18. The molecular weight excluding hydrogens is 258 g/mol. The zero-order valence-corrected chi connectivity index (χ0v) is 12.1. The molecule has 2 aromatic rings. The van der Waals surface area contributed by atoms with Crippen LogP contribution < -0.4 is 16.2 Å². The van der Waals surface area contributed by atoms with Crippen LogP contribution in [0.5, 0.6) is 0 Å². The summed E-state index contributed by atoms with van der Waals surface area (Å²) in [6, 6.07) is 0. The van der Waals surface area contributed by atoms with E-state index in [-0.39, 0.29) is 0 Å². The summed E-state index contributed by atoms with van der Waals surface area (Å²) in [5.74, 6) is 7.10. The fourth-order valence-corrected chi connectivity index (χ4v) is 2.05. The first-order chi connectivity index (χ1) is 9.65. The number of nitrogens with two attached hydrogens (primary N) is 1. The quantitative estimate of drug-likeness (QED) is 0.507. The van der Waals surface area contributed by atoms with Crippen molar-refractivity contribution in [1.29, 1.82) is 0 Å². The van der Waals surface area contributed by atoms with Gasteiger partial charge >= 0.3 is 0 Å². The second kappa shape index (κ2) is 6.49. The molecule has 0 bridgehead atoms.